The fourth-order valence-corrected chi connectivity index (χ4v) is 2.60. The highest BCUT2D eigenvalue weighted by molar-refractivity contribution is 5.25. The molecule has 0 amide bonds. The van der Waals surface area contributed by atoms with Crippen LogP contribution in [0.3, 0.4) is 0 Å². The van der Waals surface area contributed by atoms with Crippen molar-refractivity contribution in [3.05, 3.63) is 35.4 Å². The minimum Gasteiger partial charge on any atom is -0.378 e. The standard InChI is InChI=1S/C16H22F3NO/c1-11(2)15-9-14(6-7-21-15)20-10-12-4-3-5-13(8-12)16(17,18)19/h3-5,8,11,14-15,20H,6-7,9-10H2,1-2H3. The van der Waals surface area contributed by atoms with Crippen LogP contribution < -0.4 is 5.32 Å². The van der Waals surface area contributed by atoms with E-state index in [4.69, 9.17) is 4.74 Å². The molecule has 1 N–H and O–H groups in total. The Morgan fingerprint density at radius 2 is 2.10 bits per heavy atom. The van der Waals surface area contributed by atoms with Gasteiger partial charge in [0, 0.05) is 19.2 Å². The Balaban J connectivity index is 1.91. The van der Waals surface area contributed by atoms with E-state index in [0.29, 0.717) is 30.7 Å². The van der Waals surface area contributed by atoms with E-state index >= 15 is 0 Å². The molecule has 2 unspecified atom stereocenters. The molecular weight excluding hydrogens is 279 g/mol. The zero-order valence-corrected chi connectivity index (χ0v) is 12.4. The molecule has 1 heterocycles. The summed E-state index contributed by atoms with van der Waals surface area (Å²) < 4.78 is 43.7. The molecule has 0 aliphatic carbocycles. The molecular formula is C16H22F3NO. The number of rotatable bonds is 4. The second-order valence-corrected chi connectivity index (χ2v) is 5.95. The first-order valence-corrected chi connectivity index (χ1v) is 7.37. The van der Waals surface area contributed by atoms with Crippen molar-refractivity contribution < 1.29 is 17.9 Å². The predicted octanol–water partition coefficient (Wildman–Crippen LogP) is 4.00. The molecule has 118 valence electrons. The van der Waals surface area contributed by atoms with Gasteiger partial charge < -0.3 is 10.1 Å². The number of alkyl halides is 3. The third-order valence-electron chi connectivity index (χ3n) is 3.91. The largest absolute Gasteiger partial charge is 0.416 e. The third kappa shape index (κ3) is 4.71. The van der Waals surface area contributed by atoms with Gasteiger partial charge in [-0.15, -0.1) is 0 Å². The molecule has 0 saturated carbocycles. The van der Waals surface area contributed by atoms with Crippen molar-refractivity contribution in [1.82, 2.24) is 5.32 Å². The lowest BCUT2D eigenvalue weighted by Gasteiger charge is -2.32. The lowest BCUT2D eigenvalue weighted by Crippen LogP contribution is -2.40. The highest BCUT2D eigenvalue weighted by Crippen LogP contribution is 2.29. The van der Waals surface area contributed by atoms with Crippen molar-refractivity contribution in [2.45, 2.75) is 51.6 Å². The first-order valence-electron chi connectivity index (χ1n) is 7.37. The molecule has 1 aliphatic rings. The lowest BCUT2D eigenvalue weighted by molar-refractivity contribution is -0.137. The molecule has 1 aromatic carbocycles. The summed E-state index contributed by atoms with van der Waals surface area (Å²) in [5.41, 5.74) is 0.0752. The fraction of sp³-hybridized carbons (Fsp3) is 0.625. The second-order valence-electron chi connectivity index (χ2n) is 5.95. The van der Waals surface area contributed by atoms with E-state index in [1.807, 2.05) is 0 Å². The van der Waals surface area contributed by atoms with Crippen LogP contribution in [-0.2, 0) is 17.5 Å². The summed E-state index contributed by atoms with van der Waals surface area (Å²) in [7, 11) is 0. The van der Waals surface area contributed by atoms with Crippen LogP contribution in [0.2, 0.25) is 0 Å². The van der Waals surface area contributed by atoms with Crippen molar-refractivity contribution in [2.24, 2.45) is 5.92 Å². The molecule has 2 rings (SSSR count). The third-order valence-corrected chi connectivity index (χ3v) is 3.91. The van der Waals surface area contributed by atoms with Gasteiger partial charge in [-0.3, -0.25) is 0 Å². The Bertz CT molecular complexity index is 459. The molecule has 0 spiro atoms. The Hall–Kier alpha value is -1.07. The molecule has 1 saturated heterocycles. The summed E-state index contributed by atoms with van der Waals surface area (Å²) in [6.07, 6.45) is -2.23. The Labute approximate surface area is 123 Å². The summed E-state index contributed by atoms with van der Waals surface area (Å²) in [6.45, 7) is 5.42. The number of halogens is 3. The molecule has 0 aromatic heterocycles. The molecule has 2 nitrogen and oxygen atoms in total. The summed E-state index contributed by atoms with van der Waals surface area (Å²) in [4.78, 5) is 0. The van der Waals surface area contributed by atoms with E-state index in [9.17, 15) is 13.2 Å². The van der Waals surface area contributed by atoms with Crippen LogP contribution in [0.25, 0.3) is 0 Å². The van der Waals surface area contributed by atoms with Crippen LogP contribution in [-0.4, -0.2) is 18.8 Å². The maximum Gasteiger partial charge on any atom is 0.416 e. The normalized spacial score (nSPS) is 23.5. The van der Waals surface area contributed by atoms with Gasteiger partial charge in [-0.25, -0.2) is 0 Å². The van der Waals surface area contributed by atoms with Crippen LogP contribution in [0.15, 0.2) is 24.3 Å². The van der Waals surface area contributed by atoms with E-state index in [-0.39, 0.29) is 6.10 Å². The maximum atomic E-state index is 12.7. The van der Waals surface area contributed by atoms with Crippen LogP contribution in [0.1, 0.15) is 37.8 Å². The first-order chi connectivity index (χ1) is 9.86. The lowest BCUT2D eigenvalue weighted by atomic mass is 9.95. The summed E-state index contributed by atoms with van der Waals surface area (Å²) >= 11 is 0. The quantitative estimate of drug-likeness (QED) is 0.907. The van der Waals surface area contributed by atoms with Crippen molar-refractivity contribution in [1.29, 1.82) is 0 Å². The van der Waals surface area contributed by atoms with Gasteiger partial charge in [0.15, 0.2) is 0 Å². The molecule has 1 aromatic rings. The van der Waals surface area contributed by atoms with Crippen molar-refractivity contribution in [3.63, 3.8) is 0 Å². The molecule has 1 fully saturated rings. The number of ether oxygens (including phenoxy) is 1. The summed E-state index contributed by atoms with van der Waals surface area (Å²) in [5.74, 6) is 0.461. The van der Waals surface area contributed by atoms with E-state index in [0.717, 1.165) is 18.9 Å². The molecule has 0 bridgehead atoms. The molecule has 2 atom stereocenters. The molecule has 0 radical (unpaired) electrons. The molecule has 5 heteroatoms. The van der Waals surface area contributed by atoms with Gasteiger partial charge in [0.25, 0.3) is 0 Å². The Morgan fingerprint density at radius 3 is 2.76 bits per heavy atom. The van der Waals surface area contributed by atoms with E-state index in [2.05, 4.69) is 19.2 Å². The second kappa shape index (κ2) is 6.79. The SMILES string of the molecule is CC(C)C1CC(NCc2cccc(C(F)(F)F)c2)CCO1. The van der Waals surface area contributed by atoms with Gasteiger partial charge in [-0.1, -0.05) is 32.0 Å². The van der Waals surface area contributed by atoms with Crippen molar-refractivity contribution in [2.75, 3.05) is 6.61 Å². The smallest absolute Gasteiger partial charge is 0.378 e. The predicted molar refractivity (Wildman–Crippen MR) is 75.9 cm³/mol. The van der Waals surface area contributed by atoms with Gasteiger partial charge in [-0.2, -0.15) is 13.2 Å². The minimum absolute atomic E-state index is 0.234. The number of hydrogen-bond acceptors (Lipinski definition) is 2. The van der Waals surface area contributed by atoms with Crippen molar-refractivity contribution in [3.8, 4) is 0 Å². The fourth-order valence-electron chi connectivity index (χ4n) is 2.60. The zero-order valence-electron chi connectivity index (χ0n) is 12.4. The monoisotopic (exact) mass is 301 g/mol. The Morgan fingerprint density at radius 1 is 1.33 bits per heavy atom. The van der Waals surface area contributed by atoms with Crippen molar-refractivity contribution >= 4 is 0 Å². The minimum atomic E-state index is -4.28. The van der Waals surface area contributed by atoms with Gasteiger partial charge in [0.1, 0.15) is 0 Å². The average Bonchev–Trinajstić information content (AvgIpc) is 2.45. The van der Waals surface area contributed by atoms with Gasteiger partial charge in [-0.05, 0) is 30.4 Å². The topological polar surface area (TPSA) is 21.3 Å². The Kier molecular flexibility index (Phi) is 5.27. The van der Waals surface area contributed by atoms with E-state index < -0.39 is 11.7 Å². The number of nitrogens with one attached hydrogen (secondary N) is 1. The van der Waals surface area contributed by atoms with E-state index in [1.165, 1.54) is 12.1 Å². The first kappa shape index (κ1) is 16.3. The highest BCUT2D eigenvalue weighted by atomic mass is 19.4. The van der Waals surface area contributed by atoms with E-state index in [1.54, 1.807) is 6.07 Å². The maximum absolute atomic E-state index is 12.7. The summed E-state index contributed by atoms with van der Waals surface area (Å²) in [5, 5.41) is 3.35. The molecule has 21 heavy (non-hydrogen) atoms. The van der Waals surface area contributed by atoms with Crippen LogP contribution >= 0.6 is 0 Å². The average molecular weight is 301 g/mol. The van der Waals surface area contributed by atoms with Gasteiger partial charge in [0.2, 0.25) is 0 Å². The number of benzene rings is 1. The van der Waals surface area contributed by atoms with Gasteiger partial charge in [0.05, 0.1) is 11.7 Å². The van der Waals surface area contributed by atoms with Crippen LogP contribution in [0.5, 0.6) is 0 Å². The number of hydrogen-bond donors (Lipinski definition) is 1. The van der Waals surface area contributed by atoms with Crippen LogP contribution in [0, 0.1) is 5.92 Å². The summed E-state index contributed by atoms with van der Waals surface area (Å²) in [6, 6.07) is 5.81. The highest BCUT2D eigenvalue weighted by Gasteiger charge is 2.30. The van der Waals surface area contributed by atoms with Crippen LogP contribution in [0.4, 0.5) is 13.2 Å². The molecule has 1 aliphatic heterocycles. The van der Waals surface area contributed by atoms with Gasteiger partial charge >= 0.3 is 6.18 Å². The zero-order chi connectivity index (χ0) is 15.5.